The van der Waals surface area contributed by atoms with E-state index in [-0.39, 0.29) is 17.9 Å². The summed E-state index contributed by atoms with van der Waals surface area (Å²) in [4.78, 5) is 11.1. The van der Waals surface area contributed by atoms with Crippen LogP contribution in [-0.2, 0) is 11.8 Å². The minimum absolute atomic E-state index is 0.0110. The number of nitrogens with zero attached hydrogens (tertiary/aromatic N) is 4. The molecule has 3 aromatic rings. The number of ether oxygens (including phenoxy) is 2. The van der Waals surface area contributed by atoms with Crippen molar-refractivity contribution in [1.29, 1.82) is 0 Å². The third-order valence-corrected chi connectivity index (χ3v) is 7.34. The zero-order chi connectivity index (χ0) is 27.7. The first kappa shape index (κ1) is 26.3. The van der Waals surface area contributed by atoms with Gasteiger partial charge in [0.05, 0.1) is 13.0 Å². The minimum atomic E-state index is -0.863. The Morgan fingerprint density at radius 3 is 2.69 bits per heavy atom. The topological polar surface area (TPSA) is 99.4 Å². The Hall–Kier alpha value is -4.27. The molecule has 202 valence electrons. The summed E-state index contributed by atoms with van der Waals surface area (Å²) in [7, 11) is 1.81. The number of carboxylic acids is 1. The molecule has 0 bridgehead atoms. The van der Waals surface area contributed by atoms with Crippen molar-refractivity contribution >= 4 is 11.5 Å². The molecule has 0 spiro atoms. The number of fused-ring (bicyclic) bond motifs is 1. The van der Waals surface area contributed by atoms with Gasteiger partial charge in [0.2, 0.25) is 0 Å². The molecule has 0 radical (unpaired) electrons. The highest BCUT2D eigenvalue weighted by molar-refractivity contribution is 5.75. The molecule has 1 aliphatic carbocycles. The molecule has 9 heteroatoms. The molecule has 0 amide bonds. The van der Waals surface area contributed by atoms with Gasteiger partial charge in [0, 0.05) is 35.7 Å². The molecule has 1 aromatic heterocycles. The number of aryl methyl sites for hydroxylation is 3. The molecule has 0 fully saturated rings. The molecule has 2 heterocycles. The number of hydrogen-bond acceptors (Lipinski definition) is 6. The van der Waals surface area contributed by atoms with Crippen LogP contribution in [0.4, 0.5) is 4.39 Å². The lowest BCUT2D eigenvalue weighted by molar-refractivity contribution is -0.137. The molecule has 0 saturated carbocycles. The van der Waals surface area contributed by atoms with Gasteiger partial charge in [0.25, 0.3) is 0 Å². The third kappa shape index (κ3) is 5.48. The molecular formula is C30H31FN4O4. The van der Waals surface area contributed by atoms with Crippen LogP contribution in [0.25, 0.3) is 17.0 Å². The normalized spacial score (nSPS) is 21.9. The van der Waals surface area contributed by atoms with Gasteiger partial charge in [-0.05, 0) is 90.1 Å². The Balaban J connectivity index is 1.33. The predicted molar refractivity (Wildman–Crippen MR) is 145 cm³/mol. The number of hydrogen-bond donors (Lipinski definition) is 1. The Morgan fingerprint density at radius 1 is 1.23 bits per heavy atom. The highest BCUT2D eigenvalue weighted by atomic mass is 19.1. The van der Waals surface area contributed by atoms with E-state index in [0.717, 1.165) is 46.2 Å². The quantitative estimate of drug-likeness (QED) is 0.426. The average molecular weight is 531 g/mol. The SMILES string of the molecule is C=C1/C(F)=C\C=C(\c2c(C)cc(-c3nnnn3C)cc2C)CCC[C@H]1Oc1ccc2c(c1)OC[C@H]2CC(=O)O. The Labute approximate surface area is 226 Å². The molecule has 2 aromatic carbocycles. The van der Waals surface area contributed by atoms with Gasteiger partial charge in [-0.3, -0.25) is 4.79 Å². The number of halogens is 1. The maximum absolute atomic E-state index is 15.3. The number of aliphatic carboxylic acids is 1. The summed E-state index contributed by atoms with van der Waals surface area (Å²) in [5, 5.41) is 20.9. The zero-order valence-corrected chi connectivity index (χ0v) is 22.3. The lowest BCUT2D eigenvalue weighted by Crippen LogP contribution is -2.19. The van der Waals surface area contributed by atoms with Gasteiger partial charge in [-0.25, -0.2) is 9.07 Å². The molecule has 39 heavy (non-hydrogen) atoms. The molecule has 0 unspecified atom stereocenters. The molecule has 2 atom stereocenters. The molecule has 1 aliphatic heterocycles. The van der Waals surface area contributed by atoms with Crippen LogP contribution in [0.5, 0.6) is 11.5 Å². The Morgan fingerprint density at radius 2 is 2.00 bits per heavy atom. The first-order valence-electron chi connectivity index (χ1n) is 13.0. The fourth-order valence-electron chi connectivity index (χ4n) is 5.46. The van der Waals surface area contributed by atoms with Crippen molar-refractivity contribution in [3.8, 4) is 22.9 Å². The zero-order valence-electron chi connectivity index (χ0n) is 22.3. The fraction of sp³-hybridized carbons (Fsp3) is 0.333. The van der Waals surface area contributed by atoms with E-state index in [0.29, 0.717) is 30.4 Å². The monoisotopic (exact) mass is 530 g/mol. The van der Waals surface area contributed by atoms with Gasteiger partial charge in [0.1, 0.15) is 23.4 Å². The van der Waals surface area contributed by atoms with Crippen LogP contribution in [-0.4, -0.2) is 44.0 Å². The summed E-state index contributed by atoms with van der Waals surface area (Å²) in [6.45, 7) is 8.41. The second-order valence-electron chi connectivity index (χ2n) is 10.1. The highest BCUT2D eigenvalue weighted by Gasteiger charge is 2.28. The van der Waals surface area contributed by atoms with E-state index in [1.54, 1.807) is 23.9 Å². The van der Waals surface area contributed by atoms with E-state index in [1.807, 2.05) is 26.0 Å². The lowest BCUT2D eigenvalue weighted by atomic mass is 9.90. The van der Waals surface area contributed by atoms with Crippen LogP contribution in [0.2, 0.25) is 0 Å². The largest absolute Gasteiger partial charge is 0.492 e. The summed E-state index contributed by atoms with van der Waals surface area (Å²) in [6, 6.07) is 9.49. The first-order chi connectivity index (χ1) is 18.7. The smallest absolute Gasteiger partial charge is 0.304 e. The van der Waals surface area contributed by atoms with Crippen molar-refractivity contribution < 1.29 is 23.8 Å². The third-order valence-electron chi connectivity index (χ3n) is 7.34. The van der Waals surface area contributed by atoms with Crippen LogP contribution in [0, 0.1) is 13.8 Å². The molecule has 2 aliphatic rings. The number of tetrazole rings is 1. The van der Waals surface area contributed by atoms with Gasteiger partial charge in [-0.2, -0.15) is 0 Å². The van der Waals surface area contributed by atoms with E-state index >= 15 is 4.39 Å². The molecule has 1 N–H and O–H groups in total. The van der Waals surface area contributed by atoms with Crippen LogP contribution < -0.4 is 9.47 Å². The summed E-state index contributed by atoms with van der Waals surface area (Å²) in [5.74, 6) is 0.367. The average Bonchev–Trinajstić information content (AvgIpc) is 3.50. The van der Waals surface area contributed by atoms with Crippen LogP contribution in [0.1, 0.15) is 53.9 Å². The first-order valence-corrected chi connectivity index (χ1v) is 13.0. The minimum Gasteiger partial charge on any atom is -0.492 e. The Kier molecular flexibility index (Phi) is 7.32. The second-order valence-corrected chi connectivity index (χ2v) is 10.1. The summed E-state index contributed by atoms with van der Waals surface area (Å²) < 4.78 is 28.8. The van der Waals surface area contributed by atoms with E-state index in [4.69, 9.17) is 14.6 Å². The van der Waals surface area contributed by atoms with E-state index in [9.17, 15) is 4.79 Å². The van der Waals surface area contributed by atoms with E-state index in [2.05, 4.69) is 34.2 Å². The number of allylic oxidation sites excluding steroid dienone is 3. The lowest BCUT2D eigenvalue weighted by Gasteiger charge is -2.21. The van der Waals surface area contributed by atoms with Crippen molar-refractivity contribution in [1.82, 2.24) is 20.2 Å². The van der Waals surface area contributed by atoms with Gasteiger partial charge in [0.15, 0.2) is 5.82 Å². The van der Waals surface area contributed by atoms with Gasteiger partial charge in [-0.1, -0.05) is 18.7 Å². The van der Waals surface area contributed by atoms with Crippen molar-refractivity contribution in [3.05, 3.63) is 82.7 Å². The summed E-state index contributed by atoms with van der Waals surface area (Å²) in [6.07, 6.45) is 4.88. The van der Waals surface area contributed by atoms with Gasteiger partial charge < -0.3 is 14.6 Å². The summed E-state index contributed by atoms with van der Waals surface area (Å²) >= 11 is 0. The number of rotatable bonds is 6. The summed E-state index contributed by atoms with van der Waals surface area (Å²) in [5.41, 5.74) is 6.35. The van der Waals surface area contributed by atoms with Crippen molar-refractivity contribution in [2.75, 3.05) is 6.61 Å². The van der Waals surface area contributed by atoms with Crippen molar-refractivity contribution in [2.45, 2.75) is 51.6 Å². The number of carbonyl (C=O) groups is 1. The molecule has 8 nitrogen and oxygen atoms in total. The fourth-order valence-corrected chi connectivity index (χ4v) is 5.46. The van der Waals surface area contributed by atoms with Crippen molar-refractivity contribution in [2.24, 2.45) is 7.05 Å². The molecule has 0 saturated heterocycles. The standard InChI is InChI=1S/C30H31FN4O4/c1-17-12-21(30-32-33-34-35(30)4)13-18(2)29(17)20-6-5-7-26(19(3)25(31)11-8-20)39-23-9-10-24-22(14-28(36)37)16-38-27(24)15-23/h8-13,15,22,26H,3,5-7,14,16H2,1-2,4H3,(H,36,37)/b20-8+,25-11+/t22-,26-/m1/s1. The maximum atomic E-state index is 15.3. The van der Waals surface area contributed by atoms with Crippen LogP contribution in [0.15, 0.2) is 60.5 Å². The number of carboxylic acid groups (broad SMARTS) is 1. The highest BCUT2D eigenvalue weighted by Crippen LogP contribution is 2.39. The predicted octanol–water partition coefficient (Wildman–Crippen LogP) is 5.87. The second kappa shape index (κ2) is 10.8. The van der Waals surface area contributed by atoms with Crippen molar-refractivity contribution in [3.63, 3.8) is 0 Å². The van der Waals surface area contributed by atoms with Crippen LogP contribution >= 0.6 is 0 Å². The van der Waals surface area contributed by atoms with Gasteiger partial charge in [-0.15, -0.1) is 5.10 Å². The van der Waals surface area contributed by atoms with Crippen LogP contribution in [0.3, 0.4) is 0 Å². The van der Waals surface area contributed by atoms with Gasteiger partial charge >= 0.3 is 5.97 Å². The van der Waals surface area contributed by atoms with E-state index in [1.165, 1.54) is 6.08 Å². The maximum Gasteiger partial charge on any atom is 0.304 e. The molecule has 5 rings (SSSR count). The molecular weight excluding hydrogens is 499 g/mol. The number of aromatic nitrogens is 4. The Bertz CT molecular complexity index is 1480. The van der Waals surface area contributed by atoms with E-state index < -0.39 is 17.9 Å². The number of benzene rings is 2.